The molecule has 2 amide bonds. The van der Waals surface area contributed by atoms with Crippen molar-refractivity contribution in [3.05, 3.63) is 33.7 Å². The maximum absolute atomic E-state index is 12.8. The first-order chi connectivity index (χ1) is 14.9. The third-order valence-corrected chi connectivity index (χ3v) is 6.74. The number of nitrogens with zero attached hydrogens (tertiary/aromatic N) is 3. The normalized spacial score (nSPS) is 14.9. The van der Waals surface area contributed by atoms with E-state index in [1.807, 2.05) is 13.0 Å². The molecule has 1 saturated heterocycles. The maximum atomic E-state index is 12.8. The smallest absolute Gasteiger partial charge is 0.266 e. The van der Waals surface area contributed by atoms with Gasteiger partial charge < -0.3 is 14.8 Å². The molecule has 3 rings (SSSR count). The number of benzene rings is 1. The molecule has 0 radical (unpaired) electrons. The summed E-state index contributed by atoms with van der Waals surface area (Å²) in [6.07, 6.45) is 3.29. The zero-order valence-electron chi connectivity index (χ0n) is 17.3. The number of methoxy groups -OCH3 is 2. The van der Waals surface area contributed by atoms with E-state index in [0.29, 0.717) is 38.8 Å². The van der Waals surface area contributed by atoms with Crippen LogP contribution in [0.5, 0.6) is 11.5 Å². The van der Waals surface area contributed by atoms with Crippen molar-refractivity contribution >= 4 is 62.7 Å². The summed E-state index contributed by atoms with van der Waals surface area (Å²) < 4.78 is 11.0. The molecule has 1 aliphatic heterocycles. The summed E-state index contributed by atoms with van der Waals surface area (Å²) in [4.78, 5) is 27.0. The molecule has 1 fully saturated rings. The van der Waals surface area contributed by atoms with Gasteiger partial charge in [-0.2, -0.15) is 0 Å². The average Bonchev–Trinajstić information content (AvgIpc) is 3.32. The number of thiocarbonyl (C=S) groups is 1. The zero-order chi connectivity index (χ0) is 22.4. The highest BCUT2D eigenvalue weighted by atomic mass is 32.2. The molecular formula is C20H22N4O4S3. The Bertz CT molecular complexity index is 1020. The summed E-state index contributed by atoms with van der Waals surface area (Å²) in [5.74, 6) is 0.871. The van der Waals surface area contributed by atoms with Crippen LogP contribution in [0.4, 0.5) is 5.13 Å². The Balaban J connectivity index is 1.56. The summed E-state index contributed by atoms with van der Waals surface area (Å²) >= 11 is 7.97. The van der Waals surface area contributed by atoms with Crippen molar-refractivity contribution in [2.45, 2.75) is 26.2 Å². The van der Waals surface area contributed by atoms with Crippen LogP contribution < -0.4 is 14.8 Å². The lowest BCUT2D eigenvalue weighted by Gasteiger charge is -2.13. The second-order valence-electron chi connectivity index (χ2n) is 6.45. The van der Waals surface area contributed by atoms with Crippen molar-refractivity contribution in [1.29, 1.82) is 0 Å². The van der Waals surface area contributed by atoms with Crippen molar-refractivity contribution in [3.8, 4) is 11.5 Å². The van der Waals surface area contributed by atoms with Crippen LogP contribution in [0.2, 0.25) is 0 Å². The van der Waals surface area contributed by atoms with E-state index in [2.05, 4.69) is 15.5 Å². The molecule has 1 aromatic carbocycles. The molecule has 1 aromatic heterocycles. The Labute approximate surface area is 194 Å². The largest absolute Gasteiger partial charge is 0.493 e. The van der Waals surface area contributed by atoms with E-state index in [1.54, 1.807) is 32.4 Å². The minimum Gasteiger partial charge on any atom is -0.493 e. The molecule has 0 saturated carbocycles. The van der Waals surface area contributed by atoms with Crippen molar-refractivity contribution in [2.24, 2.45) is 0 Å². The number of rotatable bonds is 9. The van der Waals surface area contributed by atoms with E-state index in [9.17, 15) is 9.59 Å². The van der Waals surface area contributed by atoms with Gasteiger partial charge in [-0.05, 0) is 36.6 Å². The monoisotopic (exact) mass is 478 g/mol. The summed E-state index contributed by atoms with van der Waals surface area (Å²) in [5, 5.41) is 12.0. The summed E-state index contributed by atoms with van der Waals surface area (Å²) in [7, 11) is 3.13. The van der Waals surface area contributed by atoms with Crippen LogP contribution in [0, 0.1) is 0 Å². The molecule has 1 N–H and O–H groups in total. The van der Waals surface area contributed by atoms with E-state index in [-0.39, 0.29) is 18.2 Å². The predicted octanol–water partition coefficient (Wildman–Crippen LogP) is 3.74. The number of carbonyl (C=O) groups is 2. The van der Waals surface area contributed by atoms with Gasteiger partial charge in [0.2, 0.25) is 11.0 Å². The molecule has 0 bridgehead atoms. The van der Waals surface area contributed by atoms with Crippen molar-refractivity contribution in [2.75, 3.05) is 26.1 Å². The molecule has 0 spiro atoms. The third-order valence-electron chi connectivity index (χ3n) is 4.38. The number of hydrogen-bond acceptors (Lipinski definition) is 9. The van der Waals surface area contributed by atoms with Gasteiger partial charge in [-0.25, -0.2) is 0 Å². The molecule has 0 atom stereocenters. The zero-order valence-corrected chi connectivity index (χ0v) is 19.8. The number of nitrogens with one attached hydrogen (secondary N) is 1. The average molecular weight is 479 g/mol. The second-order valence-corrected chi connectivity index (χ2v) is 9.19. The first kappa shape index (κ1) is 23.2. The van der Waals surface area contributed by atoms with E-state index < -0.39 is 0 Å². The van der Waals surface area contributed by atoms with Gasteiger partial charge in [-0.3, -0.25) is 14.5 Å². The fourth-order valence-corrected chi connectivity index (χ4v) is 4.82. The minimum atomic E-state index is -0.165. The number of anilines is 1. The van der Waals surface area contributed by atoms with E-state index in [0.717, 1.165) is 17.0 Å². The van der Waals surface area contributed by atoms with Crippen LogP contribution in [0.1, 0.15) is 30.3 Å². The Morgan fingerprint density at radius 1 is 1.26 bits per heavy atom. The first-order valence-electron chi connectivity index (χ1n) is 9.54. The van der Waals surface area contributed by atoms with Gasteiger partial charge in [0.05, 0.1) is 19.1 Å². The molecule has 0 unspecified atom stereocenters. The Hall–Kier alpha value is -2.50. The highest BCUT2D eigenvalue weighted by Gasteiger charge is 2.31. The fourth-order valence-electron chi connectivity index (χ4n) is 2.81. The molecule has 2 heterocycles. The number of hydrogen-bond donors (Lipinski definition) is 1. The standard InChI is InChI=1S/C20H22N4O4S3/c1-4-17-22-23-19(31-17)21-16(25)6-5-9-24-18(26)15(30-20(24)29)11-12-7-8-13(27-2)14(10-12)28-3/h7-8,10-11H,4-6,9H2,1-3H3,(H,21,23,25)/b15-11-. The van der Waals surface area contributed by atoms with Crippen LogP contribution in [0.3, 0.4) is 0 Å². The van der Waals surface area contributed by atoms with E-state index >= 15 is 0 Å². The predicted molar refractivity (Wildman–Crippen MR) is 127 cm³/mol. The summed E-state index contributed by atoms with van der Waals surface area (Å²) in [5.41, 5.74) is 0.807. The second kappa shape index (κ2) is 10.7. The number of aromatic nitrogens is 2. The van der Waals surface area contributed by atoms with Gasteiger partial charge in [0, 0.05) is 13.0 Å². The third kappa shape index (κ3) is 5.81. The van der Waals surface area contributed by atoms with Gasteiger partial charge in [-0.15, -0.1) is 10.2 Å². The minimum absolute atomic E-state index is 0.162. The Morgan fingerprint density at radius 2 is 2.03 bits per heavy atom. The summed E-state index contributed by atoms with van der Waals surface area (Å²) in [6.45, 7) is 2.35. The molecule has 164 valence electrons. The molecular weight excluding hydrogens is 456 g/mol. The number of ether oxygens (including phenoxy) is 2. The van der Waals surface area contributed by atoms with Gasteiger partial charge in [0.15, 0.2) is 11.5 Å². The topological polar surface area (TPSA) is 93.7 Å². The highest BCUT2D eigenvalue weighted by Crippen LogP contribution is 2.34. The van der Waals surface area contributed by atoms with Crippen molar-refractivity contribution < 1.29 is 19.1 Å². The molecule has 2 aromatic rings. The van der Waals surface area contributed by atoms with Crippen molar-refractivity contribution in [1.82, 2.24) is 15.1 Å². The molecule has 1 aliphatic rings. The fraction of sp³-hybridized carbons (Fsp3) is 0.350. The molecule has 8 nitrogen and oxygen atoms in total. The Kier molecular flexibility index (Phi) is 7.99. The van der Waals surface area contributed by atoms with E-state index in [1.165, 1.54) is 28.0 Å². The van der Waals surface area contributed by atoms with Gasteiger partial charge in [-0.1, -0.05) is 48.3 Å². The number of aryl methyl sites for hydroxylation is 1. The van der Waals surface area contributed by atoms with Crippen LogP contribution in [0.15, 0.2) is 23.1 Å². The summed E-state index contributed by atoms with van der Waals surface area (Å²) in [6, 6.07) is 5.42. The lowest BCUT2D eigenvalue weighted by atomic mass is 10.2. The maximum Gasteiger partial charge on any atom is 0.266 e. The van der Waals surface area contributed by atoms with Gasteiger partial charge in [0.1, 0.15) is 9.33 Å². The van der Waals surface area contributed by atoms with Gasteiger partial charge >= 0.3 is 0 Å². The first-order valence-corrected chi connectivity index (χ1v) is 11.6. The molecule has 0 aliphatic carbocycles. The van der Waals surface area contributed by atoms with Crippen LogP contribution in [0.25, 0.3) is 6.08 Å². The molecule has 11 heteroatoms. The molecule has 31 heavy (non-hydrogen) atoms. The van der Waals surface area contributed by atoms with Crippen molar-refractivity contribution in [3.63, 3.8) is 0 Å². The quantitative estimate of drug-likeness (QED) is 0.430. The van der Waals surface area contributed by atoms with E-state index in [4.69, 9.17) is 21.7 Å². The Morgan fingerprint density at radius 3 is 2.71 bits per heavy atom. The highest BCUT2D eigenvalue weighted by molar-refractivity contribution is 8.26. The number of amides is 2. The van der Waals surface area contributed by atoms with Crippen LogP contribution in [-0.4, -0.2) is 52.0 Å². The number of carbonyl (C=O) groups excluding carboxylic acids is 2. The lowest BCUT2D eigenvalue weighted by molar-refractivity contribution is -0.122. The van der Waals surface area contributed by atoms with Crippen LogP contribution in [-0.2, 0) is 16.0 Å². The van der Waals surface area contributed by atoms with Gasteiger partial charge in [0.25, 0.3) is 5.91 Å². The lowest BCUT2D eigenvalue weighted by Crippen LogP contribution is -2.29. The SMILES string of the molecule is CCc1nnc(NC(=O)CCCN2C(=O)/C(=C/c3ccc(OC)c(OC)c3)SC2=S)s1. The van der Waals surface area contributed by atoms with Crippen LogP contribution >= 0.6 is 35.3 Å². The number of thioether (sulfide) groups is 1.